The average molecular weight is 266 g/mol. The second kappa shape index (κ2) is 8.48. The minimum absolute atomic E-state index is 0.204. The maximum atomic E-state index is 11.4. The quantitative estimate of drug-likeness (QED) is 0.705. The molecule has 1 aromatic heterocycles. The highest BCUT2D eigenvalue weighted by atomic mass is 16.5. The number of aromatic nitrogens is 1. The number of carbonyl (C=O) groups is 1. The van der Waals surface area contributed by atoms with Crippen molar-refractivity contribution in [3.63, 3.8) is 0 Å². The van der Waals surface area contributed by atoms with E-state index in [0.717, 1.165) is 31.5 Å². The van der Waals surface area contributed by atoms with Crippen molar-refractivity contribution in [2.45, 2.75) is 26.2 Å². The van der Waals surface area contributed by atoms with E-state index in [-0.39, 0.29) is 6.61 Å². The van der Waals surface area contributed by atoms with Crippen molar-refractivity contribution in [1.82, 2.24) is 4.98 Å². The van der Waals surface area contributed by atoms with E-state index in [1.165, 1.54) is 7.11 Å². The van der Waals surface area contributed by atoms with Crippen LogP contribution in [-0.4, -0.2) is 36.3 Å². The van der Waals surface area contributed by atoms with Crippen molar-refractivity contribution in [2.24, 2.45) is 5.92 Å². The van der Waals surface area contributed by atoms with Crippen LogP contribution in [0.3, 0.4) is 0 Å². The summed E-state index contributed by atoms with van der Waals surface area (Å²) in [7, 11) is 1.34. The molecule has 0 fully saturated rings. The maximum Gasteiger partial charge on any atom is 0.356 e. The molecule has 0 spiro atoms. The number of nitrogens with one attached hydrogen (secondary N) is 1. The fraction of sp³-hybridized carbons (Fsp3) is 0.571. The van der Waals surface area contributed by atoms with Gasteiger partial charge < -0.3 is 15.2 Å². The zero-order chi connectivity index (χ0) is 14.1. The molecule has 0 radical (unpaired) electrons. The van der Waals surface area contributed by atoms with E-state index in [2.05, 4.69) is 22.0 Å². The van der Waals surface area contributed by atoms with Gasteiger partial charge in [-0.05, 0) is 30.9 Å². The van der Waals surface area contributed by atoms with E-state index in [0.29, 0.717) is 11.6 Å². The summed E-state index contributed by atoms with van der Waals surface area (Å²) in [5, 5.41) is 12.3. The van der Waals surface area contributed by atoms with Gasteiger partial charge in [0, 0.05) is 25.0 Å². The Morgan fingerprint density at radius 3 is 2.95 bits per heavy atom. The number of carbonyl (C=O) groups excluding carboxylic acids is 1. The molecule has 19 heavy (non-hydrogen) atoms. The highest BCUT2D eigenvalue weighted by Crippen LogP contribution is 2.14. The zero-order valence-electron chi connectivity index (χ0n) is 11.6. The number of hydrogen-bond donors (Lipinski definition) is 2. The predicted octanol–water partition coefficient (Wildman–Crippen LogP) is 2.08. The number of aliphatic hydroxyl groups excluding tert-OH is 1. The number of anilines is 1. The SMILES string of the molecule is CCCC(CCO)CNc1ccnc(C(=O)OC)c1. The summed E-state index contributed by atoms with van der Waals surface area (Å²) in [6, 6.07) is 3.49. The summed E-state index contributed by atoms with van der Waals surface area (Å²) < 4.78 is 4.63. The molecule has 0 bridgehead atoms. The first-order chi connectivity index (χ1) is 9.21. The Morgan fingerprint density at radius 2 is 2.32 bits per heavy atom. The first kappa shape index (κ1) is 15.4. The molecule has 5 nitrogen and oxygen atoms in total. The number of pyridine rings is 1. The molecule has 0 aliphatic carbocycles. The zero-order valence-corrected chi connectivity index (χ0v) is 11.6. The number of nitrogens with zero attached hydrogens (tertiary/aromatic N) is 1. The van der Waals surface area contributed by atoms with Crippen LogP contribution < -0.4 is 5.32 Å². The van der Waals surface area contributed by atoms with E-state index in [1.807, 2.05) is 6.07 Å². The predicted molar refractivity (Wildman–Crippen MR) is 74.2 cm³/mol. The fourth-order valence-electron chi connectivity index (χ4n) is 1.96. The lowest BCUT2D eigenvalue weighted by molar-refractivity contribution is 0.0594. The first-order valence-corrected chi connectivity index (χ1v) is 6.60. The second-order valence-electron chi connectivity index (χ2n) is 4.47. The molecule has 106 valence electrons. The van der Waals surface area contributed by atoms with E-state index in [9.17, 15) is 4.79 Å². The third-order valence-electron chi connectivity index (χ3n) is 2.98. The van der Waals surface area contributed by atoms with Crippen molar-refractivity contribution < 1.29 is 14.6 Å². The van der Waals surface area contributed by atoms with Crippen LogP contribution >= 0.6 is 0 Å². The number of hydrogen-bond acceptors (Lipinski definition) is 5. The van der Waals surface area contributed by atoms with Crippen LogP contribution in [0, 0.1) is 5.92 Å². The number of ether oxygens (including phenoxy) is 1. The van der Waals surface area contributed by atoms with Crippen molar-refractivity contribution in [1.29, 1.82) is 0 Å². The van der Waals surface area contributed by atoms with Crippen LogP contribution in [0.25, 0.3) is 0 Å². The van der Waals surface area contributed by atoms with Gasteiger partial charge in [-0.2, -0.15) is 0 Å². The summed E-state index contributed by atoms with van der Waals surface area (Å²) in [5.74, 6) is -0.00569. The molecule has 0 aromatic carbocycles. The smallest absolute Gasteiger partial charge is 0.356 e. The molecular formula is C14H22N2O3. The van der Waals surface area contributed by atoms with Gasteiger partial charge in [-0.1, -0.05) is 13.3 Å². The molecule has 1 rings (SSSR count). The Kier molecular flexibility index (Phi) is 6.89. The third kappa shape index (κ3) is 5.26. The molecule has 1 aromatic rings. The molecule has 1 unspecified atom stereocenters. The van der Waals surface area contributed by atoms with E-state index in [4.69, 9.17) is 5.11 Å². The van der Waals surface area contributed by atoms with Crippen LogP contribution in [0.4, 0.5) is 5.69 Å². The summed E-state index contributed by atoms with van der Waals surface area (Å²) in [6.07, 6.45) is 4.53. The lowest BCUT2D eigenvalue weighted by Gasteiger charge is -2.16. The number of rotatable bonds is 8. The van der Waals surface area contributed by atoms with Crippen LogP contribution in [0.2, 0.25) is 0 Å². The van der Waals surface area contributed by atoms with E-state index >= 15 is 0 Å². The van der Waals surface area contributed by atoms with Crippen molar-refractivity contribution in [3.05, 3.63) is 24.0 Å². The van der Waals surface area contributed by atoms with Crippen LogP contribution in [0.1, 0.15) is 36.7 Å². The first-order valence-electron chi connectivity index (χ1n) is 6.60. The summed E-state index contributed by atoms with van der Waals surface area (Å²) in [6.45, 7) is 3.11. The average Bonchev–Trinajstić information content (AvgIpc) is 2.44. The molecule has 0 saturated carbocycles. The highest BCUT2D eigenvalue weighted by molar-refractivity contribution is 5.88. The molecule has 0 aliphatic rings. The Balaban J connectivity index is 2.58. The molecule has 0 aliphatic heterocycles. The molecule has 2 N–H and O–H groups in total. The van der Waals surface area contributed by atoms with Gasteiger partial charge in [0.05, 0.1) is 7.11 Å². The Bertz CT molecular complexity index is 390. The van der Waals surface area contributed by atoms with E-state index in [1.54, 1.807) is 12.3 Å². The fourth-order valence-corrected chi connectivity index (χ4v) is 1.96. The molecule has 5 heteroatoms. The Labute approximate surface area is 114 Å². The van der Waals surface area contributed by atoms with Crippen molar-refractivity contribution in [2.75, 3.05) is 25.6 Å². The minimum atomic E-state index is -0.441. The van der Waals surface area contributed by atoms with Gasteiger partial charge in [0.2, 0.25) is 0 Å². The van der Waals surface area contributed by atoms with Crippen molar-refractivity contribution in [3.8, 4) is 0 Å². The molecular weight excluding hydrogens is 244 g/mol. The molecule has 1 heterocycles. The molecule has 0 saturated heterocycles. The van der Waals surface area contributed by atoms with Crippen molar-refractivity contribution >= 4 is 11.7 Å². The van der Waals surface area contributed by atoms with Gasteiger partial charge in [-0.25, -0.2) is 9.78 Å². The van der Waals surface area contributed by atoms with Gasteiger partial charge in [-0.15, -0.1) is 0 Å². The summed E-state index contributed by atoms with van der Waals surface area (Å²) >= 11 is 0. The lowest BCUT2D eigenvalue weighted by atomic mass is 10.0. The lowest BCUT2D eigenvalue weighted by Crippen LogP contribution is -2.16. The number of esters is 1. The third-order valence-corrected chi connectivity index (χ3v) is 2.98. The van der Waals surface area contributed by atoms with Gasteiger partial charge in [0.1, 0.15) is 5.69 Å². The van der Waals surface area contributed by atoms with Gasteiger partial charge in [-0.3, -0.25) is 0 Å². The van der Waals surface area contributed by atoms with Crippen LogP contribution in [0.15, 0.2) is 18.3 Å². The topological polar surface area (TPSA) is 71.5 Å². The van der Waals surface area contributed by atoms with Gasteiger partial charge in [0.25, 0.3) is 0 Å². The maximum absolute atomic E-state index is 11.4. The standard InChI is InChI=1S/C14H22N2O3/c1-3-4-11(6-8-17)10-16-12-5-7-15-13(9-12)14(18)19-2/h5,7,9,11,17H,3-4,6,8,10H2,1-2H3,(H,15,16). The van der Waals surface area contributed by atoms with Gasteiger partial charge >= 0.3 is 5.97 Å². The molecule has 1 atom stereocenters. The van der Waals surface area contributed by atoms with Gasteiger partial charge in [0.15, 0.2) is 0 Å². The second-order valence-corrected chi connectivity index (χ2v) is 4.47. The normalized spacial score (nSPS) is 11.9. The minimum Gasteiger partial charge on any atom is -0.464 e. The van der Waals surface area contributed by atoms with E-state index < -0.39 is 5.97 Å². The van der Waals surface area contributed by atoms with Crippen LogP contribution in [0.5, 0.6) is 0 Å². The number of methoxy groups -OCH3 is 1. The Hall–Kier alpha value is -1.62. The Morgan fingerprint density at radius 1 is 1.53 bits per heavy atom. The van der Waals surface area contributed by atoms with Crippen LogP contribution in [-0.2, 0) is 4.74 Å². The highest BCUT2D eigenvalue weighted by Gasteiger charge is 2.09. The molecule has 0 amide bonds. The monoisotopic (exact) mass is 266 g/mol. The summed E-state index contributed by atoms with van der Waals surface area (Å²) in [5.41, 5.74) is 1.14. The summed E-state index contributed by atoms with van der Waals surface area (Å²) in [4.78, 5) is 15.3. The largest absolute Gasteiger partial charge is 0.464 e. The number of aliphatic hydroxyl groups is 1.